The minimum atomic E-state index is -4.36. The van der Waals surface area contributed by atoms with Gasteiger partial charge in [0.1, 0.15) is 0 Å². The van der Waals surface area contributed by atoms with E-state index < -0.39 is 12.8 Å². The third-order valence-electron chi connectivity index (χ3n) is 2.80. The zero-order chi connectivity index (χ0) is 15.5. The number of pyridine rings is 1. The molecule has 2 rings (SSSR count). The molecule has 7 heteroatoms. The van der Waals surface area contributed by atoms with Crippen LogP contribution in [0.3, 0.4) is 0 Å². The van der Waals surface area contributed by atoms with Crippen LogP contribution >= 0.6 is 11.3 Å². The fourth-order valence-electron chi connectivity index (χ4n) is 1.85. The highest BCUT2D eigenvalue weighted by molar-refractivity contribution is 7.10. The van der Waals surface area contributed by atoms with Gasteiger partial charge in [-0.15, -0.1) is 11.3 Å². The van der Waals surface area contributed by atoms with Crippen LogP contribution in [-0.2, 0) is 0 Å². The summed E-state index contributed by atoms with van der Waals surface area (Å²) in [7, 11) is 0. The molecule has 1 atom stereocenters. The smallest absolute Gasteiger partial charge is 0.422 e. The molecule has 2 heterocycles. The maximum Gasteiger partial charge on any atom is 0.422 e. The van der Waals surface area contributed by atoms with Gasteiger partial charge >= 0.3 is 6.18 Å². The molecule has 3 nitrogen and oxygen atoms in total. The van der Waals surface area contributed by atoms with Gasteiger partial charge < -0.3 is 10.1 Å². The number of aryl methyl sites for hydroxylation is 1. The normalized spacial score (nSPS) is 13.0. The third kappa shape index (κ3) is 4.63. The van der Waals surface area contributed by atoms with Crippen molar-refractivity contribution in [1.29, 1.82) is 0 Å². The van der Waals surface area contributed by atoms with Crippen molar-refractivity contribution in [3.05, 3.63) is 40.2 Å². The molecule has 0 fully saturated rings. The Morgan fingerprint density at radius 1 is 1.33 bits per heavy atom. The SMILES string of the molecule is Cc1ccsc1C(C)Nc1ccc(OCC(F)(F)F)nc1. The van der Waals surface area contributed by atoms with Crippen LogP contribution in [0.25, 0.3) is 0 Å². The van der Waals surface area contributed by atoms with Gasteiger partial charge in [0.05, 0.1) is 17.9 Å². The van der Waals surface area contributed by atoms with Crippen LogP contribution in [0.2, 0.25) is 0 Å². The first-order valence-corrected chi connectivity index (χ1v) is 7.19. The molecule has 0 aliphatic heterocycles. The minimum Gasteiger partial charge on any atom is -0.468 e. The second-order valence-electron chi connectivity index (χ2n) is 4.62. The molecule has 0 radical (unpaired) electrons. The van der Waals surface area contributed by atoms with Gasteiger partial charge in [-0.2, -0.15) is 13.2 Å². The van der Waals surface area contributed by atoms with E-state index in [1.807, 2.05) is 25.3 Å². The molecule has 1 N–H and O–H groups in total. The molecule has 0 spiro atoms. The summed E-state index contributed by atoms with van der Waals surface area (Å²) in [5.41, 5.74) is 1.94. The predicted molar refractivity (Wildman–Crippen MR) is 76.9 cm³/mol. The number of thiophene rings is 1. The lowest BCUT2D eigenvalue weighted by molar-refractivity contribution is -0.154. The van der Waals surface area contributed by atoms with Crippen LogP contribution in [0.1, 0.15) is 23.4 Å². The number of aromatic nitrogens is 1. The van der Waals surface area contributed by atoms with E-state index in [1.54, 1.807) is 17.4 Å². The summed E-state index contributed by atoms with van der Waals surface area (Å²) < 4.78 is 40.6. The minimum absolute atomic E-state index is 0.0437. The number of rotatable bonds is 5. The fourth-order valence-corrected chi connectivity index (χ4v) is 2.79. The highest BCUT2D eigenvalue weighted by Crippen LogP contribution is 2.27. The molecule has 21 heavy (non-hydrogen) atoms. The maximum absolute atomic E-state index is 12.0. The van der Waals surface area contributed by atoms with E-state index in [4.69, 9.17) is 0 Å². The van der Waals surface area contributed by atoms with Gasteiger partial charge in [-0.3, -0.25) is 0 Å². The Bertz CT molecular complexity index is 581. The third-order valence-corrected chi connectivity index (χ3v) is 4.00. The van der Waals surface area contributed by atoms with Crippen molar-refractivity contribution < 1.29 is 17.9 Å². The quantitative estimate of drug-likeness (QED) is 0.877. The first-order chi connectivity index (χ1) is 9.85. The van der Waals surface area contributed by atoms with Gasteiger partial charge in [-0.1, -0.05) is 0 Å². The Morgan fingerprint density at radius 3 is 2.62 bits per heavy atom. The van der Waals surface area contributed by atoms with Crippen LogP contribution in [0.5, 0.6) is 5.88 Å². The second kappa shape index (κ2) is 6.34. The van der Waals surface area contributed by atoms with Crippen molar-refractivity contribution in [1.82, 2.24) is 4.98 Å². The van der Waals surface area contributed by atoms with E-state index in [0.29, 0.717) is 0 Å². The summed E-state index contributed by atoms with van der Waals surface area (Å²) in [6.45, 7) is 2.72. The Labute approximate surface area is 124 Å². The topological polar surface area (TPSA) is 34.1 Å². The van der Waals surface area contributed by atoms with Crippen LogP contribution < -0.4 is 10.1 Å². The van der Waals surface area contributed by atoms with E-state index in [0.717, 1.165) is 5.69 Å². The lowest BCUT2D eigenvalue weighted by atomic mass is 10.2. The highest BCUT2D eigenvalue weighted by atomic mass is 32.1. The number of nitrogens with one attached hydrogen (secondary N) is 1. The molecule has 2 aromatic heterocycles. The van der Waals surface area contributed by atoms with Crippen molar-refractivity contribution in [2.45, 2.75) is 26.1 Å². The van der Waals surface area contributed by atoms with Crippen molar-refractivity contribution >= 4 is 17.0 Å². The van der Waals surface area contributed by atoms with E-state index in [1.165, 1.54) is 22.7 Å². The standard InChI is InChI=1S/C14H15F3N2OS/c1-9-5-6-21-13(9)10(2)19-11-3-4-12(18-7-11)20-8-14(15,16)17/h3-7,10,19H,8H2,1-2H3. The number of nitrogens with zero attached hydrogens (tertiary/aromatic N) is 1. The lowest BCUT2D eigenvalue weighted by Gasteiger charge is -2.15. The van der Waals surface area contributed by atoms with Gasteiger partial charge in [-0.25, -0.2) is 4.98 Å². The number of halogens is 3. The first kappa shape index (κ1) is 15.6. The molecule has 0 aliphatic rings. The summed E-state index contributed by atoms with van der Waals surface area (Å²) >= 11 is 1.66. The Hall–Kier alpha value is -1.76. The predicted octanol–water partition coefficient (Wildman–Crippen LogP) is 4.57. The molecular formula is C14H15F3N2OS. The van der Waals surface area contributed by atoms with Gasteiger partial charge in [0.2, 0.25) is 5.88 Å². The van der Waals surface area contributed by atoms with E-state index in [-0.39, 0.29) is 11.9 Å². The van der Waals surface area contributed by atoms with E-state index in [2.05, 4.69) is 15.0 Å². The Kier molecular flexibility index (Phi) is 4.72. The molecule has 0 bridgehead atoms. The summed E-state index contributed by atoms with van der Waals surface area (Å²) in [5, 5.41) is 5.28. The van der Waals surface area contributed by atoms with E-state index >= 15 is 0 Å². The van der Waals surface area contributed by atoms with Gasteiger partial charge in [0.25, 0.3) is 0 Å². The monoisotopic (exact) mass is 316 g/mol. The van der Waals surface area contributed by atoms with Crippen molar-refractivity contribution in [3.63, 3.8) is 0 Å². The zero-order valence-corrected chi connectivity index (χ0v) is 12.4. The molecule has 0 amide bonds. The molecule has 114 valence electrons. The summed E-state index contributed by atoms with van der Waals surface area (Å²) in [6, 6.07) is 5.22. The zero-order valence-electron chi connectivity index (χ0n) is 11.6. The van der Waals surface area contributed by atoms with Crippen LogP contribution in [0.4, 0.5) is 18.9 Å². The van der Waals surface area contributed by atoms with Crippen LogP contribution in [0.15, 0.2) is 29.8 Å². The molecule has 0 saturated carbocycles. The number of ether oxygens (including phenoxy) is 1. The Morgan fingerprint density at radius 2 is 2.10 bits per heavy atom. The average molecular weight is 316 g/mol. The number of anilines is 1. The summed E-state index contributed by atoms with van der Waals surface area (Å²) in [5.74, 6) is -0.0437. The van der Waals surface area contributed by atoms with Gasteiger partial charge in [0, 0.05) is 10.9 Å². The van der Waals surface area contributed by atoms with Crippen LogP contribution in [-0.4, -0.2) is 17.8 Å². The average Bonchev–Trinajstić information content (AvgIpc) is 2.83. The van der Waals surface area contributed by atoms with Crippen molar-refractivity contribution in [3.8, 4) is 5.88 Å². The molecule has 2 aromatic rings. The number of hydrogen-bond acceptors (Lipinski definition) is 4. The summed E-state index contributed by atoms with van der Waals surface area (Å²) in [4.78, 5) is 5.07. The molecule has 0 saturated heterocycles. The van der Waals surface area contributed by atoms with Crippen molar-refractivity contribution in [2.75, 3.05) is 11.9 Å². The van der Waals surface area contributed by atoms with Crippen LogP contribution in [0, 0.1) is 6.92 Å². The molecule has 0 aliphatic carbocycles. The first-order valence-electron chi connectivity index (χ1n) is 6.31. The molecule has 0 aromatic carbocycles. The highest BCUT2D eigenvalue weighted by Gasteiger charge is 2.28. The fraction of sp³-hybridized carbons (Fsp3) is 0.357. The van der Waals surface area contributed by atoms with E-state index in [9.17, 15) is 13.2 Å². The largest absolute Gasteiger partial charge is 0.468 e. The van der Waals surface area contributed by atoms with Crippen molar-refractivity contribution in [2.24, 2.45) is 0 Å². The summed E-state index contributed by atoms with van der Waals surface area (Å²) in [6.07, 6.45) is -2.89. The number of hydrogen-bond donors (Lipinski definition) is 1. The molecule has 1 unspecified atom stereocenters. The maximum atomic E-state index is 12.0. The lowest BCUT2D eigenvalue weighted by Crippen LogP contribution is -2.19. The van der Waals surface area contributed by atoms with Gasteiger partial charge in [0.15, 0.2) is 6.61 Å². The Balaban J connectivity index is 1.95. The molecular weight excluding hydrogens is 301 g/mol. The number of alkyl halides is 3. The van der Waals surface area contributed by atoms with Gasteiger partial charge in [-0.05, 0) is 36.9 Å². The second-order valence-corrected chi connectivity index (χ2v) is 5.57.